The highest BCUT2D eigenvalue weighted by atomic mass is 16.5. The van der Waals surface area contributed by atoms with E-state index in [4.69, 9.17) is 14.5 Å². The lowest BCUT2D eigenvalue weighted by molar-refractivity contribution is 0.243. The number of hydrogen-bond acceptors (Lipinski definition) is 6. The fourth-order valence-electron chi connectivity index (χ4n) is 1.70. The number of benzene rings is 1. The fourth-order valence-corrected chi connectivity index (χ4v) is 1.70. The molecule has 0 N–H and O–H groups in total. The van der Waals surface area contributed by atoms with Crippen molar-refractivity contribution in [3.8, 4) is 23.2 Å². The van der Waals surface area contributed by atoms with Crippen LogP contribution in [0.15, 0.2) is 53.3 Å². The summed E-state index contributed by atoms with van der Waals surface area (Å²) in [6.07, 6.45) is 3.33. The van der Waals surface area contributed by atoms with Gasteiger partial charge in [-0.3, -0.25) is 4.98 Å². The number of hydrogen-bond donors (Lipinski definition) is 0. The highest BCUT2D eigenvalue weighted by Crippen LogP contribution is 2.16. The summed E-state index contributed by atoms with van der Waals surface area (Å²) in [5, 5.41) is 12.6. The van der Waals surface area contributed by atoms with Crippen LogP contribution in [0.25, 0.3) is 11.4 Å². The zero-order valence-corrected chi connectivity index (χ0v) is 10.9. The van der Waals surface area contributed by atoms with E-state index in [0.29, 0.717) is 23.0 Å². The summed E-state index contributed by atoms with van der Waals surface area (Å²) >= 11 is 0. The lowest BCUT2D eigenvalue weighted by Gasteiger charge is -2.02. The Morgan fingerprint density at radius 1 is 1.10 bits per heavy atom. The maximum atomic E-state index is 8.72. The molecule has 0 bridgehead atoms. The van der Waals surface area contributed by atoms with Gasteiger partial charge in [0.2, 0.25) is 5.82 Å². The molecule has 0 unspecified atom stereocenters. The summed E-state index contributed by atoms with van der Waals surface area (Å²) < 4.78 is 10.6. The van der Waals surface area contributed by atoms with E-state index in [9.17, 15) is 0 Å². The van der Waals surface area contributed by atoms with Crippen LogP contribution in [0.4, 0.5) is 0 Å². The van der Waals surface area contributed by atoms with Gasteiger partial charge in [0, 0.05) is 18.0 Å². The molecule has 6 heteroatoms. The molecular weight excluding hydrogens is 268 g/mol. The van der Waals surface area contributed by atoms with Gasteiger partial charge in [0.25, 0.3) is 5.89 Å². The summed E-state index contributed by atoms with van der Waals surface area (Å²) in [7, 11) is 0. The first-order valence-corrected chi connectivity index (χ1v) is 6.21. The van der Waals surface area contributed by atoms with E-state index in [0.717, 1.165) is 5.56 Å². The average Bonchev–Trinajstić information content (AvgIpc) is 3.03. The van der Waals surface area contributed by atoms with Crippen LogP contribution in [0.1, 0.15) is 11.5 Å². The van der Waals surface area contributed by atoms with Crippen molar-refractivity contribution in [2.24, 2.45) is 0 Å². The molecule has 0 saturated carbocycles. The summed E-state index contributed by atoms with van der Waals surface area (Å²) in [6, 6.07) is 12.5. The third kappa shape index (κ3) is 3.04. The van der Waals surface area contributed by atoms with E-state index < -0.39 is 0 Å². The van der Waals surface area contributed by atoms with Crippen molar-refractivity contribution in [3.63, 3.8) is 0 Å². The van der Waals surface area contributed by atoms with Crippen molar-refractivity contribution in [2.75, 3.05) is 0 Å². The molecule has 0 amide bonds. The molecule has 6 nitrogen and oxygen atoms in total. The van der Waals surface area contributed by atoms with E-state index in [2.05, 4.69) is 15.1 Å². The number of nitriles is 1. The van der Waals surface area contributed by atoms with Gasteiger partial charge in [0.15, 0.2) is 6.61 Å². The molecule has 3 rings (SSSR count). The van der Waals surface area contributed by atoms with Crippen LogP contribution in [0.3, 0.4) is 0 Å². The van der Waals surface area contributed by atoms with Crippen LogP contribution in [-0.4, -0.2) is 15.1 Å². The topological polar surface area (TPSA) is 84.8 Å². The van der Waals surface area contributed by atoms with Crippen LogP contribution >= 0.6 is 0 Å². The lowest BCUT2D eigenvalue weighted by Crippen LogP contribution is -1.95. The van der Waals surface area contributed by atoms with Crippen molar-refractivity contribution in [3.05, 3.63) is 60.2 Å². The maximum Gasteiger partial charge on any atom is 0.264 e. The molecule has 2 heterocycles. The summed E-state index contributed by atoms with van der Waals surface area (Å²) in [5.74, 6) is 1.51. The summed E-state index contributed by atoms with van der Waals surface area (Å²) in [4.78, 5) is 8.18. The van der Waals surface area contributed by atoms with E-state index in [-0.39, 0.29) is 6.61 Å². The Hall–Kier alpha value is -3.20. The molecule has 3 aromatic rings. The first kappa shape index (κ1) is 12.8. The minimum Gasteiger partial charge on any atom is -0.484 e. The summed E-state index contributed by atoms with van der Waals surface area (Å²) in [5.41, 5.74) is 1.42. The minimum atomic E-state index is 0.171. The molecule has 0 atom stereocenters. The van der Waals surface area contributed by atoms with Crippen LogP contribution in [0.2, 0.25) is 0 Å². The second kappa shape index (κ2) is 5.84. The lowest BCUT2D eigenvalue weighted by atomic mass is 10.2. The molecular formula is C15H10N4O2. The van der Waals surface area contributed by atoms with Gasteiger partial charge < -0.3 is 9.26 Å². The van der Waals surface area contributed by atoms with Gasteiger partial charge in [-0.15, -0.1) is 0 Å². The molecule has 2 aromatic heterocycles. The molecule has 0 aliphatic rings. The van der Waals surface area contributed by atoms with Crippen LogP contribution < -0.4 is 4.74 Å². The predicted molar refractivity (Wildman–Crippen MR) is 73.0 cm³/mol. The van der Waals surface area contributed by atoms with Crippen molar-refractivity contribution in [1.29, 1.82) is 5.26 Å². The van der Waals surface area contributed by atoms with Gasteiger partial charge >= 0.3 is 0 Å². The molecule has 0 aliphatic heterocycles. The van der Waals surface area contributed by atoms with Gasteiger partial charge in [-0.1, -0.05) is 5.16 Å². The second-order valence-corrected chi connectivity index (χ2v) is 4.17. The van der Waals surface area contributed by atoms with Gasteiger partial charge in [-0.05, 0) is 36.4 Å². The van der Waals surface area contributed by atoms with Crippen LogP contribution in [-0.2, 0) is 6.61 Å². The van der Waals surface area contributed by atoms with Crippen molar-refractivity contribution < 1.29 is 9.26 Å². The zero-order chi connectivity index (χ0) is 14.5. The zero-order valence-electron chi connectivity index (χ0n) is 10.9. The van der Waals surface area contributed by atoms with Gasteiger partial charge in [-0.2, -0.15) is 10.2 Å². The Labute approximate surface area is 120 Å². The predicted octanol–water partition coefficient (Wildman–Crippen LogP) is 2.58. The number of pyridine rings is 1. The Bertz CT molecular complexity index is 760. The molecule has 0 aliphatic carbocycles. The smallest absolute Gasteiger partial charge is 0.264 e. The highest BCUT2D eigenvalue weighted by Gasteiger charge is 2.08. The number of nitrogens with zero attached hydrogens (tertiary/aromatic N) is 4. The third-order valence-electron chi connectivity index (χ3n) is 2.75. The Kier molecular flexibility index (Phi) is 3.56. The average molecular weight is 278 g/mol. The third-order valence-corrected chi connectivity index (χ3v) is 2.75. The standard InChI is InChI=1S/C15H10N4O2/c16-9-11-1-3-13(4-2-11)20-10-14-18-15(19-21-14)12-5-7-17-8-6-12/h1-8H,10H2. The Morgan fingerprint density at radius 3 is 2.57 bits per heavy atom. The molecule has 1 aromatic carbocycles. The normalized spacial score (nSPS) is 10.0. The maximum absolute atomic E-state index is 8.72. The number of rotatable bonds is 4. The van der Waals surface area contributed by atoms with Gasteiger partial charge in [0.05, 0.1) is 11.6 Å². The highest BCUT2D eigenvalue weighted by molar-refractivity contribution is 5.52. The monoisotopic (exact) mass is 278 g/mol. The van der Waals surface area contributed by atoms with Gasteiger partial charge in [-0.25, -0.2) is 0 Å². The number of aromatic nitrogens is 3. The summed E-state index contributed by atoms with van der Waals surface area (Å²) in [6.45, 7) is 0.171. The molecule has 21 heavy (non-hydrogen) atoms. The fraction of sp³-hybridized carbons (Fsp3) is 0.0667. The Balaban J connectivity index is 1.66. The van der Waals surface area contributed by atoms with Crippen LogP contribution in [0.5, 0.6) is 5.75 Å². The van der Waals surface area contributed by atoms with E-state index in [1.54, 1.807) is 48.8 Å². The SMILES string of the molecule is N#Cc1ccc(OCc2nc(-c3ccncc3)no2)cc1. The first-order chi connectivity index (χ1) is 10.3. The second-order valence-electron chi connectivity index (χ2n) is 4.17. The molecule has 0 fully saturated rings. The first-order valence-electron chi connectivity index (χ1n) is 6.21. The molecule has 0 spiro atoms. The minimum absolute atomic E-state index is 0.171. The Morgan fingerprint density at radius 2 is 1.86 bits per heavy atom. The van der Waals surface area contributed by atoms with Crippen LogP contribution in [0, 0.1) is 11.3 Å². The number of ether oxygens (including phenoxy) is 1. The quantitative estimate of drug-likeness (QED) is 0.729. The molecule has 0 saturated heterocycles. The van der Waals surface area contributed by atoms with Crippen molar-refractivity contribution in [2.45, 2.75) is 6.61 Å². The molecule has 102 valence electrons. The van der Waals surface area contributed by atoms with E-state index in [1.807, 2.05) is 6.07 Å². The largest absolute Gasteiger partial charge is 0.484 e. The molecule has 0 radical (unpaired) electrons. The van der Waals surface area contributed by atoms with E-state index >= 15 is 0 Å². The van der Waals surface area contributed by atoms with E-state index in [1.165, 1.54) is 0 Å². The van der Waals surface area contributed by atoms with Crippen molar-refractivity contribution in [1.82, 2.24) is 15.1 Å². The van der Waals surface area contributed by atoms with Crippen molar-refractivity contribution >= 4 is 0 Å². The van der Waals surface area contributed by atoms with Gasteiger partial charge in [0.1, 0.15) is 5.75 Å².